The van der Waals surface area contributed by atoms with Crippen molar-refractivity contribution in [2.45, 2.75) is 38.2 Å². The van der Waals surface area contributed by atoms with Crippen LogP contribution in [0.15, 0.2) is 30.5 Å². The number of fused-ring (bicyclic) bond motifs is 2. The highest BCUT2D eigenvalue weighted by molar-refractivity contribution is 5.99. The van der Waals surface area contributed by atoms with Gasteiger partial charge in [0.05, 0.1) is 5.56 Å². The van der Waals surface area contributed by atoms with Gasteiger partial charge in [0.2, 0.25) is 0 Å². The van der Waals surface area contributed by atoms with Gasteiger partial charge in [0.1, 0.15) is 5.82 Å². The van der Waals surface area contributed by atoms with Gasteiger partial charge in [0.25, 0.3) is 17.7 Å². The number of carbonyl (C=O) groups excluding carboxylic acids is 2. The van der Waals surface area contributed by atoms with Crippen LogP contribution in [0.5, 0.6) is 0 Å². The summed E-state index contributed by atoms with van der Waals surface area (Å²) in [5, 5.41) is 2.83. The zero-order chi connectivity index (χ0) is 20.9. The van der Waals surface area contributed by atoms with Gasteiger partial charge in [0, 0.05) is 56.5 Å². The van der Waals surface area contributed by atoms with Crippen molar-refractivity contribution in [2.75, 3.05) is 24.5 Å². The number of amides is 2. The third-order valence-corrected chi connectivity index (χ3v) is 6.14. The number of pyridine rings is 1. The molecular formula is C22H22F2N4O2. The standard InChI is InChI=1S/C22H22F2N4O2/c23-22(24)5-8-27(9-6-22)21(30)16-10-14-2-1-7-28(19(14)25-13-16)17-3-4-18-15(11-17)12-26-20(18)29/h3-4,10-11,13H,1-2,5-9,12H2,(H,26,29). The first kappa shape index (κ1) is 19.0. The van der Waals surface area contributed by atoms with E-state index in [1.54, 1.807) is 6.20 Å². The Hall–Kier alpha value is -3.03. The van der Waals surface area contributed by atoms with E-state index in [9.17, 15) is 18.4 Å². The molecule has 0 saturated carbocycles. The maximum atomic E-state index is 13.4. The summed E-state index contributed by atoms with van der Waals surface area (Å²) in [6.07, 6.45) is 2.69. The maximum absolute atomic E-state index is 13.4. The fraction of sp³-hybridized carbons (Fsp3) is 0.409. The molecule has 3 aliphatic heterocycles. The summed E-state index contributed by atoms with van der Waals surface area (Å²) in [4.78, 5) is 32.8. The molecule has 1 aromatic heterocycles. The molecule has 0 unspecified atom stereocenters. The minimum atomic E-state index is -2.68. The van der Waals surface area contributed by atoms with Crippen LogP contribution < -0.4 is 10.2 Å². The van der Waals surface area contributed by atoms with Crippen LogP contribution in [-0.4, -0.2) is 47.3 Å². The molecule has 0 aliphatic carbocycles. The molecule has 1 N–H and O–H groups in total. The third-order valence-electron chi connectivity index (χ3n) is 6.14. The summed E-state index contributed by atoms with van der Waals surface area (Å²) >= 11 is 0. The fourth-order valence-corrected chi connectivity index (χ4v) is 4.44. The molecule has 1 fully saturated rings. The Bertz CT molecular complexity index is 1030. The average Bonchev–Trinajstić information content (AvgIpc) is 3.12. The third kappa shape index (κ3) is 3.30. The van der Waals surface area contributed by atoms with Crippen LogP contribution >= 0.6 is 0 Å². The molecule has 4 heterocycles. The Morgan fingerprint density at radius 2 is 1.90 bits per heavy atom. The first-order valence-corrected chi connectivity index (χ1v) is 10.3. The Balaban J connectivity index is 1.40. The first-order chi connectivity index (χ1) is 14.4. The molecular weight excluding hydrogens is 390 g/mol. The highest BCUT2D eigenvalue weighted by Crippen LogP contribution is 2.34. The van der Waals surface area contributed by atoms with E-state index in [4.69, 9.17) is 0 Å². The van der Waals surface area contributed by atoms with Gasteiger partial charge >= 0.3 is 0 Å². The number of anilines is 2. The zero-order valence-corrected chi connectivity index (χ0v) is 16.5. The SMILES string of the molecule is O=C1NCc2cc(N3CCCc4cc(C(=O)N5CCC(F)(F)CC5)cnc43)ccc21. The summed E-state index contributed by atoms with van der Waals surface area (Å²) in [6.45, 7) is 1.46. The van der Waals surface area contributed by atoms with E-state index in [0.717, 1.165) is 42.0 Å². The number of aryl methyl sites for hydroxylation is 1. The van der Waals surface area contributed by atoms with Gasteiger partial charge in [0.15, 0.2) is 0 Å². The van der Waals surface area contributed by atoms with E-state index in [1.807, 2.05) is 24.3 Å². The number of hydrogen-bond acceptors (Lipinski definition) is 4. The molecule has 30 heavy (non-hydrogen) atoms. The topological polar surface area (TPSA) is 65.5 Å². The van der Waals surface area contributed by atoms with Gasteiger partial charge in [-0.3, -0.25) is 9.59 Å². The van der Waals surface area contributed by atoms with Crippen LogP contribution in [0.2, 0.25) is 0 Å². The minimum Gasteiger partial charge on any atom is -0.348 e. The van der Waals surface area contributed by atoms with Crippen LogP contribution in [0.25, 0.3) is 0 Å². The molecule has 1 aromatic carbocycles. The predicted octanol–water partition coefficient (Wildman–Crippen LogP) is 3.28. The highest BCUT2D eigenvalue weighted by Gasteiger charge is 2.36. The number of nitrogens with one attached hydrogen (secondary N) is 1. The average molecular weight is 412 g/mol. The maximum Gasteiger partial charge on any atom is 0.255 e. The van der Waals surface area contributed by atoms with Crippen molar-refractivity contribution in [3.63, 3.8) is 0 Å². The van der Waals surface area contributed by atoms with E-state index in [0.29, 0.717) is 17.7 Å². The van der Waals surface area contributed by atoms with Crippen LogP contribution in [0.3, 0.4) is 0 Å². The summed E-state index contributed by atoms with van der Waals surface area (Å²) in [5.41, 5.74) is 4.07. The number of carbonyl (C=O) groups is 2. The number of nitrogens with zero attached hydrogens (tertiary/aromatic N) is 3. The Kier molecular flexibility index (Phi) is 4.45. The van der Waals surface area contributed by atoms with Gasteiger partial charge < -0.3 is 15.1 Å². The highest BCUT2D eigenvalue weighted by atomic mass is 19.3. The van der Waals surface area contributed by atoms with Crippen LogP contribution in [0.4, 0.5) is 20.3 Å². The summed E-state index contributed by atoms with van der Waals surface area (Å²) in [5.74, 6) is -2.16. The molecule has 0 radical (unpaired) electrons. The fourth-order valence-electron chi connectivity index (χ4n) is 4.44. The largest absolute Gasteiger partial charge is 0.348 e. The smallest absolute Gasteiger partial charge is 0.255 e. The molecule has 156 valence electrons. The van der Waals surface area contributed by atoms with Crippen molar-refractivity contribution in [3.05, 3.63) is 52.7 Å². The number of piperidine rings is 1. The number of aromatic nitrogens is 1. The van der Waals surface area contributed by atoms with Crippen LogP contribution in [0.1, 0.15) is 51.1 Å². The molecule has 0 atom stereocenters. The number of halogens is 2. The lowest BCUT2D eigenvalue weighted by molar-refractivity contribution is -0.0494. The minimum absolute atomic E-state index is 0.0488. The second-order valence-electron chi connectivity index (χ2n) is 8.13. The Labute approximate surface area is 172 Å². The van der Waals surface area contributed by atoms with Crippen LogP contribution in [0, 0.1) is 0 Å². The summed E-state index contributed by atoms with van der Waals surface area (Å²) in [7, 11) is 0. The van der Waals surface area contributed by atoms with Crippen molar-refractivity contribution in [2.24, 2.45) is 0 Å². The van der Waals surface area contributed by atoms with E-state index in [2.05, 4.69) is 15.2 Å². The lowest BCUT2D eigenvalue weighted by Crippen LogP contribution is -2.42. The molecule has 0 bridgehead atoms. The van der Waals surface area contributed by atoms with Gasteiger partial charge in [-0.05, 0) is 48.2 Å². The van der Waals surface area contributed by atoms with E-state index in [1.165, 1.54) is 4.90 Å². The molecule has 5 rings (SSSR count). The van der Waals surface area contributed by atoms with Gasteiger partial charge in [-0.1, -0.05) is 0 Å². The molecule has 2 amide bonds. The molecule has 0 spiro atoms. The van der Waals surface area contributed by atoms with Crippen molar-refractivity contribution in [1.82, 2.24) is 15.2 Å². The molecule has 2 aromatic rings. The number of hydrogen-bond donors (Lipinski definition) is 1. The summed E-state index contributed by atoms with van der Waals surface area (Å²) in [6, 6.07) is 7.62. The number of alkyl halides is 2. The van der Waals surface area contributed by atoms with Crippen molar-refractivity contribution in [1.29, 1.82) is 0 Å². The molecule has 6 nitrogen and oxygen atoms in total. The van der Waals surface area contributed by atoms with Crippen LogP contribution in [-0.2, 0) is 13.0 Å². The summed E-state index contributed by atoms with van der Waals surface area (Å²) < 4.78 is 26.8. The van der Waals surface area contributed by atoms with E-state index in [-0.39, 0.29) is 37.7 Å². The predicted molar refractivity (Wildman–Crippen MR) is 107 cm³/mol. The number of rotatable bonds is 2. The van der Waals surface area contributed by atoms with Gasteiger partial charge in [-0.2, -0.15) is 0 Å². The zero-order valence-electron chi connectivity index (χ0n) is 16.5. The second-order valence-corrected chi connectivity index (χ2v) is 8.13. The first-order valence-electron chi connectivity index (χ1n) is 10.3. The Morgan fingerprint density at radius 1 is 1.10 bits per heavy atom. The van der Waals surface area contributed by atoms with Crippen molar-refractivity contribution >= 4 is 23.3 Å². The van der Waals surface area contributed by atoms with E-state index < -0.39 is 5.92 Å². The Morgan fingerprint density at radius 3 is 2.70 bits per heavy atom. The van der Waals surface area contributed by atoms with Gasteiger partial charge in [-0.25, -0.2) is 13.8 Å². The lowest BCUT2D eigenvalue weighted by Gasteiger charge is -2.33. The van der Waals surface area contributed by atoms with Crippen molar-refractivity contribution < 1.29 is 18.4 Å². The number of benzene rings is 1. The van der Waals surface area contributed by atoms with Gasteiger partial charge in [-0.15, -0.1) is 0 Å². The molecule has 1 saturated heterocycles. The lowest BCUT2D eigenvalue weighted by atomic mass is 10.0. The van der Waals surface area contributed by atoms with E-state index >= 15 is 0 Å². The normalized spacial score (nSPS) is 19.9. The molecule has 8 heteroatoms. The monoisotopic (exact) mass is 412 g/mol. The quantitative estimate of drug-likeness (QED) is 0.822. The van der Waals surface area contributed by atoms with Crippen molar-refractivity contribution in [3.8, 4) is 0 Å². The number of likely N-dealkylation sites (tertiary alicyclic amines) is 1. The second kappa shape index (κ2) is 7.04. The molecule has 3 aliphatic rings.